The van der Waals surface area contributed by atoms with Gasteiger partial charge in [-0.25, -0.2) is 9.59 Å². The van der Waals surface area contributed by atoms with Crippen LogP contribution in [-0.2, 0) is 25.7 Å². The van der Waals surface area contributed by atoms with Gasteiger partial charge < -0.3 is 25.2 Å². The third-order valence-electron chi connectivity index (χ3n) is 3.62. The zero-order chi connectivity index (χ0) is 19.7. The third kappa shape index (κ3) is 13.3. The molecule has 0 radical (unpaired) electrons. The molecule has 0 saturated heterocycles. The van der Waals surface area contributed by atoms with Crippen LogP contribution < -0.4 is 10.6 Å². The van der Waals surface area contributed by atoms with Gasteiger partial charge in [0.1, 0.15) is 19.8 Å². The zero-order valence-electron chi connectivity index (χ0n) is 15.4. The molecular weight excluding hydrogens is 352 g/mol. The van der Waals surface area contributed by atoms with Crippen molar-refractivity contribution in [2.75, 3.05) is 26.3 Å². The van der Waals surface area contributed by atoms with Crippen LogP contribution in [0.25, 0.3) is 0 Å². The first kappa shape index (κ1) is 22.4. The summed E-state index contributed by atoms with van der Waals surface area (Å²) in [5, 5.41) is 13.8. The summed E-state index contributed by atoms with van der Waals surface area (Å²) in [4.78, 5) is 33.1. The minimum absolute atomic E-state index is 0.238. The van der Waals surface area contributed by atoms with E-state index in [9.17, 15) is 14.4 Å². The Bertz CT molecular complexity index is 565. The van der Waals surface area contributed by atoms with E-state index in [0.717, 1.165) is 37.7 Å². The number of carboxylic acids is 1. The molecule has 1 aromatic carbocycles. The first-order valence-electron chi connectivity index (χ1n) is 9.08. The number of alkyl carbamates (subject to hydrolysis) is 1. The van der Waals surface area contributed by atoms with E-state index >= 15 is 0 Å². The maximum atomic E-state index is 11.6. The summed E-state index contributed by atoms with van der Waals surface area (Å²) in [7, 11) is 0. The number of carbonyl (C=O) groups is 3. The highest BCUT2D eigenvalue weighted by atomic mass is 16.5. The Kier molecular flexibility index (Phi) is 12.1. The van der Waals surface area contributed by atoms with Crippen LogP contribution in [0.4, 0.5) is 4.79 Å². The van der Waals surface area contributed by atoms with Crippen molar-refractivity contribution in [3.8, 4) is 0 Å². The second-order valence-corrected chi connectivity index (χ2v) is 5.99. The predicted octanol–water partition coefficient (Wildman–Crippen LogP) is 2.08. The number of hydrogen-bond acceptors (Lipinski definition) is 5. The number of hydrogen-bond donors (Lipinski definition) is 3. The molecule has 0 atom stereocenters. The third-order valence-corrected chi connectivity index (χ3v) is 3.62. The fourth-order valence-corrected chi connectivity index (χ4v) is 2.25. The maximum Gasteiger partial charge on any atom is 0.407 e. The fraction of sp³-hybridized carbons (Fsp3) is 0.526. The lowest BCUT2D eigenvalue weighted by molar-refractivity contribution is -0.143. The van der Waals surface area contributed by atoms with E-state index in [4.69, 9.17) is 9.84 Å². The van der Waals surface area contributed by atoms with E-state index in [1.54, 1.807) is 0 Å². The van der Waals surface area contributed by atoms with Crippen molar-refractivity contribution in [3.05, 3.63) is 35.9 Å². The van der Waals surface area contributed by atoms with Crippen molar-refractivity contribution < 1.29 is 29.0 Å². The second kappa shape index (κ2) is 14.5. The quantitative estimate of drug-likeness (QED) is 0.426. The minimum atomic E-state index is -1.10. The summed E-state index contributed by atoms with van der Waals surface area (Å²) in [6.45, 7) is 0.671. The van der Waals surface area contributed by atoms with Gasteiger partial charge in [0.25, 0.3) is 0 Å². The molecule has 1 aromatic rings. The second-order valence-electron chi connectivity index (χ2n) is 5.99. The van der Waals surface area contributed by atoms with Gasteiger partial charge in [0, 0.05) is 13.1 Å². The first-order valence-corrected chi connectivity index (χ1v) is 9.08. The Morgan fingerprint density at radius 2 is 1.48 bits per heavy atom. The Morgan fingerprint density at radius 3 is 2.15 bits per heavy atom. The van der Waals surface area contributed by atoms with Crippen molar-refractivity contribution in [2.24, 2.45) is 0 Å². The van der Waals surface area contributed by atoms with E-state index in [1.807, 2.05) is 30.3 Å². The first-order chi connectivity index (χ1) is 13.1. The lowest BCUT2D eigenvalue weighted by Crippen LogP contribution is -2.29. The van der Waals surface area contributed by atoms with Gasteiger partial charge in [-0.05, 0) is 18.4 Å². The monoisotopic (exact) mass is 380 g/mol. The van der Waals surface area contributed by atoms with Gasteiger partial charge in [-0.3, -0.25) is 4.79 Å². The van der Waals surface area contributed by atoms with Crippen molar-refractivity contribution in [3.63, 3.8) is 0 Å². The molecule has 0 spiro atoms. The van der Waals surface area contributed by atoms with Crippen LogP contribution in [0.1, 0.15) is 37.7 Å². The Hall–Kier alpha value is -2.61. The lowest BCUT2D eigenvalue weighted by Gasteiger charge is -2.07. The van der Waals surface area contributed by atoms with Gasteiger partial charge in [-0.15, -0.1) is 0 Å². The molecule has 1 rings (SSSR count). The Balaban J connectivity index is 1.86. The Morgan fingerprint density at radius 1 is 0.852 bits per heavy atom. The summed E-state index contributed by atoms with van der Waals surface area (Å²) in [5.41, 5.74) is 0.952. The van der Waals surface area contributed by atoms with E-state index in [2.05, 4.69) is 15.4 Å². The topological polar surface area (TPSA) is 114 Å². The van der Waals surface area contributed by atoms with Crippen LogP contribution in [0.5, 0.6) is 0 Å². The van der Waals surface area contributed by atoms with E-state index in [1.165, 1.54) is 0 Å². The highest BCUT2D eigenvalue weighted by Crippen LogP contribution is 2.03. The molecule has 0 aliphatic carbocycles. The van der Waals surface area contributed by atoms with Crippen molar-refractivity contribution in [1.82, 2.24) is 10.6 Å². The smallest absolute Gasteiger partial charge is 0.407 e. The SMILES string of the molecule is O=C(O)COCC(=O)NCCCCCCCNC(=O)OCc1ccccc1. The molecule has 0 aliphatic rings. The average molecular weight is 380 g/mol. The van der Waals surface area contributed by atoms with Gasteiger partial charge >= 0.3 is 12.1 Å². The molecule has 0 saturated carbocycles. The highest BCUT2D eigenvalue weighted by Gasteiger charge is 2.03. The minimum Gasteiger partial charge on any atom is -0.480 e. The molecule has 0 aliphatic heterocycles. The molecule has 0 bridgehead atoms. The molecule has 150 valence electrons. The number of unbranched alkanes of at least 4 members (excludes halogenated alkanes) is 4. The van der Waals surface area contributed by atoms with Crippen LogP contribution in [0.3, 0.4) is 0 Å². The molecule has 0 aromatic heterocycles. The van der Waals surface area contributed by atoms with Crippen molar-refractivity contribution in [2.45, 2.75) is 38.7 Å². The standard InChI is InChI=1S/C19H28N2O6/c22-17(14-26-15-18(23)24)20-11-7-2-1-3-8-12-21-19(25)27-13-16-9-5-4-6-10-16/h4-6,9-10H,1-3,7-8,11-15H2,(H,20,22)(H,21,25)(H,23,24). The summed E-state index contributed by atoms with van der Waals surface area (Å²) < 4.78 is 9.80. The number of ether oxygens (including phenoxy) is 2. The van der Waals surface area contributed by atoms with Crippen LogP contribution in [0.2, 0.25) is 0 Å². The maximum absolute atomic E-state index is 11.6. The summed E-state index contributed by atoms with van der Waals surface area (Å²) in [6, 6.07) is 9.51. The normalized spacial score (nSPS) is 10.2. The molecule has 3 N–H and O–H groups in total. The van der Waals surface area contributed by atoms with Gasteiger partial charge in [0.05, 0.1) is 0 Å². The van der Waals surface area contributed by atoms with Gasteiger partial charge in [0.2, 0.25) is 5.91 Å². The van der Waals surface area contributed by atoms with Crippen molar-refractivity contribution in [1.29, 1.82) is 0 Å². The van der Waals surface area contributed by atoms with Crippen molar-refractivity contribution >= 4 is 18.0 Å². The van der Waals surface area contributed by atoms with Gasteiger partial charge in [-0.1, -0.05) is 49.6 Å². The molecule has 2 amide bonds. The van der Waals surface area contributed by atoms with E-state index in [-0.39, 0.29) is 19.1 Å². The van der Waals surface area contributed by atoms with Crippen LogP contribution in [0.15, 0.2) is 30.3 Å². The molecule has 0 fully saturated rings. The van der Waals surface area contributed by atoms with Crippen LogP contribution in [0, 0.1) is 0 Å². The summed E-state index contributed by atoms with van der Waals surface area (Å²) >= 11 is 0. The van der Waals surface area contributed by atoms with Crippen LogP contribution in [-0.4, -0.2) is 49.4 Å². The number of benzene rings is 1. The van der Waals surface area contributed by atoms with Gasteiger partial charge in [0.15, 0.2) is 0 Å². The number of carboxylic acid groups (broad SMARTS) is 1. The molecule has 0 unspecified atom stereocenters. The predicted molar refractivity (Wildman–Crippen MR) is 99.2 cm³/mol. The van der Waals surface area contributed by atoms with Gasteiger partial charge in [-0.2, -0.15) is 0 Å². The number of rotatable bonds is 14. The molecule has 8 heteroatoms. The average Bonchev–Trinajstić information content (AvgIpc) is 2.65. The molecule has 27 heavy (non-hydrogen) atoms. The highest BCUT2D eigenvalue weighted by molar-refractivity contribution is 5.77. The number of aliphatic carboxylic acids is 1. The molecule has 0 heterocycles. The lowest BCUT2D eigenvalue weighted by atomic mass is 10.1. The number of carbonyl (C=O) groups excluding carboxylic acids is 2. The largest absolute Gasteiger partial charge is 0.480 e. The van der Waals surface area contributed by atoms with Crippen LogP contribution >= 0.6 is 0 Å². The molecule has 8 nitrogen and oxygen atoms in total. The van der Waals surface area contributed by atoms with E-state index < -0.39 is 18.7 Å². The molecular formula is C19H28N2O6. The number of amides is 2. The summed E-state index contributed by atoms with van der Waals surface area (Å²) in [5.74, 6) is -1.41. The zero-order valence-corrected chi connectivity index (χ0v) is 15.4. The van der Waals surface area contributed by atoms with E-state index in [0.29, 0.717) is 13.1 Å². The Labute approximate surface area is 159 Å². The summed E-state index contributed by atoms with van der Waals surface area (Å²) in [6.07, 6.45) is 4.26. The number of nitrogens with one attached hydrogen (secondary N) is 2. The fourth-order valence-electron chi connectivity index (χ4n) is 2.25.